The predicted octanol–water partition coefficient (Wildman–Crippen LogP) is -0.548. The fourth-order valence-electron chi connectivity index (χ4n) is 1.93. The van der Waals surface area contributed by atoms with Crippen LogP contribution in [0.15, 0.2) is 18.2 Å². The highest BCUT2D eigenvalue weighted by molar-refractivity contribution is 6.02. The van der Waals surface area contributed by atoms with E-state index in [4.69, 9.17) is 5.84 Å². The van der Waals surface area contributed by atoms with E-state index in [-0.39, 0.29) is 29.4 Å². The lowest BCUT2D eigenvalue weighted by atomic mass is 10.1. The predicted molar refractivity (Wildman–Crippen MR) is 69.8 cm³/mol. The molecule has 1 aliphatic heterocycles. The summed E-state index contributed by atoms with van der Waals surface area (Å²) in [6.07, 6.45) is 0. The maximum absolute atomic E-state index is 12.3. The number of hydrazine groups is 1. The first-order valence-corrected chi connectivity index (χ1v) is 5.84. The van der Waals surface area contributed by atoms with Crippen molar-refractivity contribution in [3.05, 3.63) is 33.9 Å². The van der Waals surface area contributed by atoms with Gasteiger partial charge in [0.1, 0.15) is 0 Å². The highest BCUT2D eigenvalue weighted by atomic mass is 16.6. The van der Waals surface area contributed by atoms with Crippen molar-refractivity contribution in [2.24, 2.45) is 5.84 Å². The fourth-order valence-corrected chi connectivity index (χ4v) is 1.93. The number of piperazine rings is 1. The zero-order chi connectivity index (χ0) is 14.7. The van der Waals surface area contributed by atoms with E-state index in [1.54, 1.807) is 0 Å². The number of nitrogens with one attached hydrogen (secondary N) is 2. The van der Waals surface area contributed by atoms with Crippen molar-refractivity contribution >= 4 is 23.2 Å². The molecule has 1 aromatic carbocycles. The van der Waals surface area contributed by atoms with Crippen LogP contribution in [0.2, 0.25) is 0 Å². The summed E-state index contributed by atoms with van der Waals surface area (Å²) < 4.78 is 0. The molecule has 1 aliphatic rings. The van der Waals surface area contributed by atoms with E-state index in [0.29, 0.717) is 13.1 Å². The molecule has 20 heavy (non-hydrogen) atoms. The Morgan fingerprint density at radius 1 is 1.50 bits per heavy atom. The van der Waals surface area contributed by atoms with Crippen LogP contribution in [0, 0.1) is 10.1 Å². The van der Waals surface area contributed by atoms with Gasteiger partial charge in [0, 0.05) is 25.2 Å². The number of nitro groups is 1. The van der Waals surface area contributed by atoms with E-state index in [9.17, 15) is 19.7 Å². The Morgan fingerprint density at radius 3 is 2.85 bits per heavy atom. The van der Waals surface area contributed by atoms with Crippen molar-refractivity contribution < 1.29 is 14.5 Å². The minimum absolute atomic E-state index is 0.0661. The van der Waals surface area contributed by atoms with Crippen LogP contribution in [0.1, 0.15) is 10.4 Å². The number of nitrogen functional groups attached to an aromatic ring is 1. The van der Waals surface area contributed by atoms with E-state index in [0.717, 1.165) is 6.07 Å². The number of nitrogens with zero attached hydrogens (tertiary/aromatic N) is 2. The summed E-state index contributed by atoms with van der Waals surface area (Å²) in [4.78, 5) is 35.1. The van der Waals surface area contributed by atoms with Crippen molar-refractivity contribution in [1.82, 2.24) is 10.2 Å². The summed E-state index contributed by atoms with van der Waals surface area (Å²) in [6.45, 7) is 0.619. The topological polar surface area (TPSA) is 131 Å². The third-order valence-electron chi connectivity index (χ3n) is 2.93. The number of rotatable bonds is 3. The van der Waals surface area contributed by atoms with Gasteiger partial charge in [0.2, 0.25) is 5.91 Å². The average Bonchev–Trinajstić information content (AvgIpc) is 2.45. The molecule has 0 radical (unpaired) electrons. The maximum Gasteiger partial charge on any atom is 0.270 e. The summed E-state index contributed by atoms with van der Waals surface area (Å²) in [5.74, 6) is 4.56. The van der Waals surface area contributed by atoms with Crippen molar-refractivity contribution in [3.8, 4) is 0 Å². The third-order valence-corrected chi connectivity index (χ3v) is 2.93. The lowest BCUT2D eigenvalue weighted by Gasteiger charge is -2.27. The SMILES string of the molecule is NNc1ccc([N+](=O)[O-])cc1C(=O)N1CCNC(=O)C1. The van der Waals surface area contributed by atoms with Gasteiger partial charge in [0.15, 0.2) is 0 Å². The van der Waals surface area contributed by atoms with Crippen LogP contribution in [0.25, 0.3) is 0 Å². The number of nitro benzene ring substituents is 1. The van der Waals surface area contributed by atoms with E-state index in [2.05, 4.69) is 10.7 Å². The number of carbonyl (C=O) groups is 2. The molecule has 1 fully saturated rings. The second-order valence-electron chi connectivity index (χ2n) is 4.21. The Hall–Kier alpha value is -2.68. The Kier molecular flexibility index (Phi) is 3.80. The number of amides is 2. The quantitative estimate of drug-likeness (QED) is 0.386. The van der Waals surface area contributed by atoms with Crippen LogP contribution in [0.4, 0.5) is 11.4 Å². The second kappa shape index (κ2) is 5.53. The summed E-state index contributed by atoms with van der Waals surface area (Å²) in [5, 5.41) is 13.4. The van der Waals surface area contributed by atoms with Crippen LogP contribution in [-0.2, 0) is 4.79 Å². The molecule has 9 nitrogen and oxygen atoms in total. The molecule has 0 bridgehead atoms. The van der Waals surface area contributed by atoms with Crippen LogP contribution in [-0.4, -0.2) is 41.3 Å². The summed E-state index contributed by atoms with van der Waals surface area (Å²) in [5.41, 5.74) is 2.44. The minimum Gasteiger partial charge on any atom is -0.353 e. The van der Waals surface area contributed by atoms with E-state index >= 15 is 0 Å². The first-order valence-electron chi connectivity index (χ1n) is 5.84. The second-order valence-corrected chi connectivity index (χ2v) is 4.21. The van der Waals surface area contributed by atoms with Gasteiger partial charge in [-0.25, -0.2) is 0 Å². The van der Waals surface area contributed by atoms with Crippen LogP contribution < -0.4 is 16.6 Å². The number of carbonyl (C=O) groups excluding carboxylic acids is 2. The van der Waals surface area contributed by atoms with Gasteiger partial charge in [-0.3, -0.25) is 25.5 Å². The lowest BCUT2D eigenvalue weighted by molar-refractivity contribution is -0.384. The third kappa shape index (κ3) is 2.67. The molecule has 4 N–H and O–H groups in total. The highest BCUT2D eigenvalue weighted by Gasteiger charge is 2.25. The number of non-ortho nitro benzene ring substituents is 1. The smallest absolute Gasteiger partial charge is 0.270 e. The van der Waals surface area contributed by atoms with E-state index in [1.165, 1.54) is 17.0 Å². The molecule has 0 aliphatic carbocycles. The van der Waals surface area contributed by atoms with Crippen LogP contribution >= 0.6 is 0 Å². The molecule has 0 saturated carbocycles. The van der Waals surface area contributed by atoms with Gasteiger partial charge in [-0.15, -0.1) is 0 Å². The van der Waals surface area contributed by atoms with Gasteiger partial charge >= 0.3 is 0 Å². The summed E-state index contributed by atoms with van der Waals surface area (Å²) in [7, 11) is 0. The van der Waals surface area contributed by atoms with Crippen molar-refractivity contribution in [2.45, 2.75) is 0 Å². The Bertz CT molecular complexity index is 574. The number of hydrogen-bond donors (Lipinski definition) is 3. The summed E-state index contributed by atoms with van der Waals surface area (Å²) in [6, 6.07) is 3.74. The molecular formula is C11H13N5O4. The van der Waals surface area contributed by atoms with E-state index < -0.39 is 10.8 Å². The first-order chi connectivity index (χ1) is 9.52. The van der Waals surface area contributed by atoms with Gasteiger partial charge in [0.05, 0.1) is 22.7 Å². The standard InChI is InChI=1S/C11H13N5O4/c12-14-9-2-1-7(16(19)20)5-8(9)11(18)15-4-3-13-10(17)6-15/h1-2,5,14H,3-4,6,12H2,(H,13,17). The molecule has 2 amide bonds. The van der Waals surface area contributed by atoms with Gasteiger partial charge in [-0.2, -0.15) is 0 Å². The molecular weight excluding hydrogens is 266 g/mol. The molecule has 0 atom stereocenters. The van der Waals surface area contributed by atoms with Crippen LogP contribution in [0.3, 0.4) is 0 Å². The lowest BCUT2D eigenvalue weighted by Crippen LogP contribution is -2.50. The monoisotopic (exact) mass is 279 g/mol. The molecule has 1 heterocycles. The largest absolute Gasteiger partial charge is 0.353 e. The maximum atomic E-state index is 12.3. The average molecular weight is 279 g/mol. The Morgan fingerprint density at radius 2 is 2.25 bits per heavy atom. The minimum atomic E-state index is -0.597. The van der Waals surface area contributed by atoms with Gasteiger partial charge in [0.25, 0.3) is 11.6 Å². The molecule has 0 aromatic heterocycles. The fraction of sp³-hybridized carbons (Fsp3) is 0.273. The van der Waals surface area contributed by atoms with Crippen LogP contribution in [0.5, 0.6) is 0 Å². The van der Waals surface area contributed by atoms with Gasteiger partial charge < -0.3 is 15.6 Å². The number of anilines is 1. The van der Waals surface area contributed by atoms with Crippen molar-refractivity contribution in [1.29, 1.82) is 0 Å². The van der Waals surface area contributed by atoms with Crippen molar-refractivity contribution in [3.63, 3.8) is 0 Å². The Balaban J connectivity index is 2.34. The number of benzene rings is 1. The molecule has 2 rings (SSSR count). The van der Waals surface area contributed by atoms with E-state index in [1.807, 2.05) is 0 Å². The highest BCUT2D eigenvalue weighted by Crippen LogP contribution is 2.23. The number of hydrogen-bond acceptors (Lipinski definition) is 6. The molecule has 0 unspecified atom stereocenters. The number of nitrogens with two attached hydrogens (primary N) is 1. The molecule has 1 saturated heterocycles. The zero-order valence-electron chi connectivity index (χ0n) is 10.5. The zero-order valence-corrected chi connectivity index (χ0v) is 10.5. The molecule has 1 aromatic rings. The molecule has 106 valence electrons. The molecule has 9 heteroatoms. The van der Waals surface area contributed by atoms with Crippen molar-refractivity contribution in [2.75, 3.05) is 25.1 Å². The van der Waals surface area contributed by atoms with Gasteiger partial charge in [-0.1, -0.05) is 0 Å². The molecule has 0 spiro atoms. The Labute approximate surface area is 113 Å². The summed E-state index contributed by atoms with van der Waals surface area (Å²) >= 11 is 0. The normalized spacial score (nSPS) is 14.7. The van der Waals surface area contributed by atoms with Gasteiger partial charge in [-0.05, 0) is 6.07 Å². The first kappa shape index (κ1) is 13.7.